The van der Waals surface area contributed by atoms with Crippen molar-refractivity contribution in [3.05, 3.63) is 53.5 Å². The largest absolute Gasteiger partial charge is 0.478 e. The van der Waals surface area contributed by atoms with Crippen LogP contribution in [0.2, 0.25) is 0 Å². The molecule has 18 heavy (non-hydrogen) atoms. The molecule has 0 spiro atoms. The van der Waals surface area contributed by atoms with E-state index in [9.17, 15) is 9.18 Å². The number of aromatic carboxylic acids is 1. The quantitative estimate of drug-likeness (QED) is 0.905. The molecule has 2 aromatic rings. The number of halogens is 1. The molecule has 1 aromatic carbocycles. The molecule has 0 bridgehead atoms. The van der Waals surface area contributed by atoms with Crippen LogP contribution < -0.4 is 4.74 Å². The first kappa shape index (κ1) is 12.0. The smallest absolute Gasteiger partial charge is 0.335 e. The number of rotatable bonds is 3. The molecule has 1 N–H and O–H groups in total. The van der Waals surface area contributed by atoms with Crippen molar-refractivity contribution in [1.82, 2.24) is 4.98 Å². The lowest BCUT2D eigenvalue weighted by molar-refractivity contribution is 0.0696. The number of hydrogen-bond acceptors (Lipinski definition) is 3. The number of carbonyl (C=O) groups is 1. The van der Waals surface area contributed by atoms with Crippen molar-refractivity contribution >= 4 is 5.97 Å². The van der Waals surface area contributed by atoms with E-state index < -0.39 is 5.97 Å². The number of pyridine rings is 1. The Morgan fingerprint density at radius 3 is 2.56 bits per heavy atom. The van der Waals surface area contributed by atoms with Gasteiger partial charge in [-0.05, 0) is 37.3 Å². The summed E-state index contributed by atoms with van der Waals surface area (Å²) in [4.78, 5) is 14.9. The zero-order valence-electron chi connectivity index (χ0n) is 9.55. The van der Waals surface area contributed by atoms with E-state index in [1.165, 1.54) is 36.4 Å². The third-order valence-electron chi connectivity index (χ3n) is 2.21. The average Bonchev–Trinajstić information content (AvgIpc) is 2.31. The van der Waals surface area contributed by atoms with Crippen molar-refractivity contribution in [1.29, 1.82) is 0 Å². The SMILES string of the molecule is Cc1cc(C(=O)O)cc(Oc2ccc(F)cc2)n1. The van der Waals surface area contributed by atoms with Crippen LogP contribution in [0.25, 0.3) is 0 Å². The van der Waals surface area contributed by atoms with Crippen LogP contribution in [0.3, 0.4) is 0 Å². The number of nitrogens with zero attached hydrogens (tertiary/aromatic N) is 1. The standard InChI is InChI=1S/C13H10FNO3/c1-8-6-9(13(16)17)7-12(15-8)18-11-4-2-10(14)3-5-11/h2-7H,1H3,(H,16,17). The summed E-state index contributed by atoms with van der Waals surface area (Å²) in [5.74, 6) is -0.861. The Kier molecular flexibility index (Phi) is 3.23. The minimum Gasteiger partial charge on any atom is -0.478 e. The Morgan fingerprint density at radius 2 is 1.94 bits per heavy atom. The fraction of sp³-hybridized carbons (Fsp3) is 0.0769. The van der Waals surface area contributed by atoms with E-state index in [1.807, 2.05) is 0 Å². The Bertz CT molecular complexity index is 581. The van der Waals surface area contributed by atoms with Crippen molar-refractivity contribution in [2.24, 2.45) is 0 Å². The maximum absolute atomic E-state index is 12.7. The first-order valence-electron chi connectivity index (χ1n) is 5.20. The first-order valence-corrected chi connectivity index (χ1v) is 5.20. The number of hydrogen-bond donors (Lipinski definition) is 1. The number of aromatic nitrogens is 1. The second-order valence-electron chi connectivity index (χ2n) is 3.70. The Labute approximate surface area is 103 Å². The summed E-state index contributed by atoms with van der Waals surface area (Å²) >= 11 is 0. The molecule has 0 aliphatic carbocycles. The fourth-order valence-electron chi connectivity index (χ4n) is 1.44. The maximum atomic E-state index is 12.7. The van der Waals surface area contributed by atoms with Crippen molar-refractivity contribution in [3.8, 4) is 11.6 Å². The topological polar surface area (TPSA) is 59.4 Å². The zero-order valence-corrected chi connectivity index (χ0v) is 9.55. The third-order valence-corrected chi connectivity index (χ3v) is 2.21. The fourth-order valence-corrected chi connectivity index (χ4v) is 1.44. The Morgan fingerprint density at radius 1 is 1.28 bits per heavy atom. The molecule has 0 saturated carbocycles. The van der Waals surface area contributed by atoms with Crippen LogP contribution in [-0.2, 0) is 0 Å². The van der Waals surface area contributed by atoms with Gasteiger partial charge in [-0.3, -0.25) is 0 Å². The molecule has 0 fully saturated rings. The molecule has 0 atom stereocenters. The summed E-state index contributed by atoms with van der Waals surface area (Å²) in [7, 11) is 0. The highest BCUT2D eigenvalue weighted by atomic mass is 19.1. The molecule has 1 aromatic heterocycles. The van der Waals surface area contributed by atoms with Gasteiger partial charge in [0, 0.05) is 11.8 Å². The van der Waals surface area contributed by atoms with Crippen molar-refractivity contribution in [2.75, 3.05) is 0 Å². The molecule has 92 valence electrons. The highest BCUT2D eigenvalue weighted by molar-refractivity contribution is 5.88. The highest BCUT2D eigenvalue weighted by Crippen LogP contribution is 2.21. The van der Waals surface area contributed by atoms with Gasteiger partial charge in [-0.2, -0.15) is 0 Å². The van der Waals surface area contributed by atoms with Crippen LogP contribution in [0.5, 0.6) is 11.6 Å². The van der Waals surface area contributed by atoms with Crippen LogP contribution in [0, 0.1) is 12.7 Å². The van der Waals surface area contributed by atoms with Gasteiger partial charge in [-0.15, -0.1) is 0 Å². The molecular formula is C13H10FNO3. The minimum atomic E-state index is -1.05. The lowest BCUT2D eigenvalue weighted by Gasteiger charge is -2.06. The van der Waals surface area contributed by atoms with Gasteiger partial charge in [0.25, 0.3) is 0 Å². The molecule has 0 amide bonds. The monoisotopic (exact) mass is 247 g/mol. The summed E-state index contributed by atoms with van der Waals surface area (Å²) in [6, 6.07) is 8.16. The van der Waals surface area contributed by atoms with Gasteiger partial charge >= 0.3 is 5.97 Å². The van der Waals surface area contributed by atoms with Crippen LogP contribution in [0.15, 0.2) is 36.4 Å². The Hall–Kier alpha value is -2.43. The lowest BCUT2D eigenvalue weighted by Crippen LogP contribution is -1.99. The van der Waals surface area contributed by atoms with Gasteiger partial charge in [0.2, 0.25) is 5.88 Å². The van der Waals surface area contributed by atoms with Gasteiger partial charge in [-0.25, -0.2) is 14.2 Å². The lowest BCUT2D eigenvalue weighted by atomic mass is 10.2. The van der Waals surface area contributed by atoms with Crippen LogP contribution in [0.4, 0.5) is 4.39 Å². The van der Waals surface area contributed by atoms with E-state index in [4.69, 9.17) is 9.84 Å². The van der Waals surface area contributed by atoms with Crippen molar-refractivity contribution < 1.29 is 19.0 Å². The van der Waals surface area contributed by atoms with E-state index in [2.05, 4.69) is 4.98 Å². The normalized spacial score (nSPS) is 10.1. The number of carboxylic acids is 1. The van der Waals surface area contributed by atoms with Gasteiger partial charge in [0.1, 0.15) is 11.6 Å². The predicted molar refractivity (Wildman–Crippen MR) is 62.4 cm³/mol. The van der Waals surface area contributed by atoms with E-state index in [0.717, 1.165) is 0 Å². The van der Waals surface area contributed by atoms with Gasteiger partial charge < -0.3 is 9.84 Å². The molecule has 4 nitrogen and oxygen atoms in total. The van der Waals surface area contributed by atoms with Gasteiger partial charge in [0.15, 0.2) is 0 Å². The number of benzene rings is 1. The van der Waals surface area contributed by atoms with Crippen molar-refractivity contribution in [3.63, 3.8) is 0 Å². The molecular weight excluding hydrogens is 237 g/mol. The average molecular weight is 247 g/mol. The van der Waals surface area contributed by atoms with Crippen molar-refractivity contribution in [2.45, 2.75) is 6.92 Å². The second kappa shape index (κ2) is 4.83. The molecule has 0 radical (unpaired) electrons. The molecule has 0 aliphatic heterocycles. The van der Waals surface area contributed by atoms with E-state index in [0.29, 0.717) is 11.4 Å². The molecule has 2 rings (SSSR count). The van der Waals surface area contributed by atoms with Gasteiger partial charge in [0.05, 0.1) is 5.56 Å². The minimum absolute atomic E-state index is 0.0969. The number of carboxylic acid groups (broad SMARTS) is 1. The van der Waals surface area contributed by atoms with Crippen LogP contribution in [-0.4, -0.2) is 16.1 Å². The van der Waals surface area contributed by atoms with Crippen LogP contribution >= 0.6 is 0 Å². The molecule has 1 heterocycles. The molecule has 0 aliphatic rings. The first-order chi connectivity index (χ1) is 8.54. The summed E-state index contributed by atoms with van der Waals surface area (Å²) in [6.07, 6.45) is 0. The zero-order chi connectivity index (χ0) is 13.1. The highest BCUT2D eigenvalue weighted by Gasteiger charge is 2.08. The predicted octanol–water partition coefficient (Wildman–Crippen LogP) is 3.02. The summed E-state index contributed by atoms with van der Waals surface area (Å²) in [6.45, 7) is 1.67. The summed E-state index contributed by atoms with van der Waals surface area (Å²) in [5.41, 5.74) is 0.631. The Balaban J connectivity index is 2.28. The molecule has 0 unspecified atom stereocenters. The third kappa shape index (κ3) is 2.82. The second-order valence-corrected chi connectivity index (χ2v) is 3.70. The molecule has 5 heteroatoms. The van der Waals surface area contributed by atoms with E-state index in [1.54, 1.807) is 6.92 Å². The van der Waals surface area contributed by atoms with E-state index >= 15 is 0 Å². The maximum Gasteiger partial charge on any atom is 0.335 e. The number of aryl methyl sites for hydroxylation is 1. The van der Waals surface area contributed by atoms with Crippen LogP contribution in [0.1, 0.15) is 16.1 Å². The van der Waals surface area contributed by atoms with Gasteiger partial charge in [-0.1, -0.05) is 0 Å². The number of ether oxygens (including phenoxy) is 1. The van der Waals surface area contributed by atoms with E-state index in [-0.39, 0.29) is 17.3 Å². The molecule has 0 saturated heterocycles. The summed E-state index contributed by atoms with van der Waals surface area (Å²) in [5, 5.41) is 8.90. The summed E-state index contributed by atoms with van der Waals surface area (Å²) < 4.78 is 18.1.